The molecule has 0 aliphatic carbocycles. The van der Waals surface area contributed by atoms with E-state index in [-0.39, 0.29) is 24.2 Å². The molecule has 3 aromatic carbocycles. The number of amides is 4. The summed E-state index contributed by atoms with van der Waals surface area (Å²) in [6.07, 6.45) is 3.40. The van der Waals surface area contributed by atoms with Gasteiger partial charge in [-0.2, -0.15) is 0 Å². The minimum Gasteiger partial charge on any atom is -0.454 e. The number of aromatic nitrogens is 1. The number of hydrogen-bond donors (Lipinski definition) is 2. The molecule has 11 heteroatoms. The summed E-state index contributed by atoms with van der Waals surface area (Å²) < 4.78 is 12.5. The van der Waals surface area contributed by atoms with Crippen molar-refractivity contribution in [2.24, 2.45) is 0 Å². The maximum Gasteiger partial charge on any atom is 0.294 e. The molecule has 0 saturated carbocycles. The normalized spacial score (nSPS) is 15.1. The first-order valence-corrected chi connectivity index (χ1v) is 14.0. The van der Waals surface area contributed by atoms with Crippen molar-refractivity contribution in [3.8, 4) is 11.5 Å². The van der Waals surface area contributed by atoms with Gasteiger partial charge in [-0.15, -0.1) is 0 Å². The van der Waals surface area contributed by atoms with Crippen LogP contribution < -0.4 is 20.1 Å². The summed E-state index contributed by atoms with van der Waals surface area (Å²) in [5, 5.41) is 5.98. The van der Waals surface area contributed by atoms with Crippen molar-refractivity contribution in [1.29, 1.82) is 0 Å². The van der Waals surface area contributed by atoms with Crippen LogP contribution in [0.3, 0.4) is 0 Å². The molecule has 2 aliphatic heterocycles. The highest BCUT2D eigenvalue weighted by molar-refractivity contribution is 8.18. The van der Waals surface area contributed by atoms with Gasteiger partial charge in [0.25, 0.3) is 11.1 Å². The molecule has 10 nitrogen and oxygen atoms in total. The van der Waals surface area contributed by atoms with Gasteiger partial charge in [-0.1, -0.05) is 36.4 Å². The molecular weight excluding hydrogens is 556 g/mol. The minimum absolute atomic E-state index is 0.0166. The smallest absolute Gasteiger partial charge is 0.294 e. The zero-order valence-electron chi connectivity index (χ0n) is 22.8. The van der Waals surface area contributed by atoms with E-state index >= 15 is 0 Å². The molecule has 0 spiro atoms. The molecule has 4 aromatic rings. The van der Waals surface area contributed by atoms with Crippen LogP contribution in [0.25, 0.3) is 17.0 Å². The number of hydrogen-bond acceptors (Lipinski definition) is 7. The summed E-state index contributed by atoms with van der Waals surface area (Å²) in [4.78, 5) is 52.8. The first-order valence-electron chi connectivity index (χ1n) is 13.2. The number of rotatable bonds is 7. The number of thioether (sulfide) groups is 1. The number of nitrogens with one attached hydrogen (secondary N) is 2. The van der Waals surface area contributed by atoms with Crippen molar-refractivity contribution in [1.82, 2.24) is 9.47 Å². The van der Waals surface area contributed by atoms with E-state index in [9.17, 15) is 19.2 Å². The molecule has 212 valence electrons. The fourth-order valence-corrected chi connectivity index (χ4v) is 5.79. The second-order valence-electron chi connectivity index (χ2n) is 9.93. The molecule has 0 unspecified atom stereocenters. The van der Waals surface area contributed by atoms with E-state index < -0.39 is 23.6 Å². The van der Waals surface area contributed by atoms with Crippen LogP contribution in [-0.2, 0) is 20.9 Å². The standard InChI is InChI=1S/C31H26N4O6S/c1-18-6-5-7-19(2)29(18)33-28(37)16-35-30(38)26(42-31(35)39)12-20-14-34(23-9-4-3-8-22(20)23)15-27(36)32-21-10-11-24-25(13-21)41-17-40-24/h3-14H,15-17H2,1-2H3,(H,32,36)(H,33,37)/b26-12-. The fourth-order valence-electron chi connectivity index (χ4n) is 4.96. The van der Waals surface area contributed by atoms with Gasteiger partial charge in [0, 0.05) is 40.1 Å². The number of nitrogens with zero attached hydrogens (tertiary/aromatic N) is 2. The van der Waals surface area contributed by atoms with E-state index in [0.717, 1.165) is 38.7 Å². The van der Waals surface area contributed by atoms with Crippen LogP contribution in [-0.4, -0.2) is 45.8 Å². The SMILES string of the molecule is Cc1cccc(C)c1NC(=O)CN1C(=O)S/C(=C\c2cn(CC(=O)Nc3ccc4c(c3)OCO4)c3ccccc23)C1=O. The molecule has 3 heterocycles. The van der Waals surface area contributed by atoms with Crippen molar-refractivity contribution < 1.29 is 28.7 Å². The number of carbonyl (C=O) groups excluding carboxylic acids is 4. The Balaban J connectivity index is 1.18. The van der Waals surface area contributed by atoms with E-state index in [4.69, 9.17) is 9.47 Å². The topological polar surface area (TPSA) is 119 Å². The zero-order valence-corrected chi connectivity index (χ0v) is 23.6. The number of fused-ring (bicyclic) bond motifs is 2. The van der Waals surface area contributed by atoms with Crippen LogP contribution in [0.2, 0.25) is 0 Å². The average molecular weight is 583 g/mol. The summed E-state index contributed by atoms with van der Waals surface area (Å²) in [6.45, 7) is 3.52. The molecule has 42 heavy (non-hydrogen) atoms. The average Bonchev–Trinajstić information content (AvgIpc) is 3.64. The van der Waals surface area contributed by atoms with Gasteiger partial charge in [-0.25, -0.2) is 0 Å². The molecule has 0 radical (unpaired) electrons. The van der Waals surface area contributed by atoms with E-state index in [1.165, 1.54) is 0 Å². The number of aryl methyl sites for hydroxylation is 2. The lowest BCUT2D eigenvalue weighted by Gasteiger charge is -2.15. The predicted octanol–water partition coefficient (Wildman–Crippen LogP) is 5.30. The molecule has 0 bridgehead atoms. The van der Waals surface area contributed by atoms with Gasteiger partial charge < -0.3 is 24.7 Å². The molecule has 6 rings (SSSR count). The highest BCUT2D eigenvalue weighted by Crippen LogP contribution is 2.35. The number of benzene rings is 3. The van der Waals surface area contributed by atoms with Crippen LogP contribution in [0.5, 0.6) is 11.5 Å². The highest BCUT2D eigenvalue weighted by Gasteiger charge is 2.36. The molecule has 1 aromatic heterocycles. The Hall–Kier alpha value is -5.03. The highest BCUT2D eigenvalue weighted by atomic mass is 32.2. The maximum atomic E-state index is 13.2. The van der Waals surface area contributed by atoms with Crippen molar-refractivity contribution in [3.05, 3.63) is 88.5 Å². The number of ether oxygens (including phenoxy) is 2. The summed E-state index contributed by atoms with van der Waals surface area (Å²) in [5.74, 6) is -0.0600. The largest absolute Gasteiger partial charge is 0.454 e. The first kappa shape index (κ1) is 27.2. The Labute approximate surface area is 245 Å². The second kappa shape index (κ2) is 11.1. The fraction of sp³-hybridized carbons (Fsp3) is 0.161. The van der Waals surface area contributed by atoms with Crippen molar-refractivity contribution in [3.63, 3.8) is 0 Å². The van der Waals surface area contributed by atoms with E-state index in [2.05, 4.69) is 10.6 Å². The monoisotopic (exact) mass is 582 g/mol. The lowest BCUT2D eigenvalue weighted by molar-refractivity contribution is -0.127. The molecule has 2 N–H and O–H groups in total. The number of imide groups is 1. The molecular formula is C31H26N4O6S. The third-order valence-corrected chi connectivity index (χ3v) is 7.90. The quantitative estimate of drug-likeness (QED) is 0.284. The first-order chi connectivity index (χ1) is 20.3. The number of para-hydroxylation sites is 2. The van der Waals surface area contributed by atoms with Gasteiger partial charge in [0.2, 0.25) is 18.6 Å². The Morgan fingerprint density at radius 3 is 2.45 bits per heavy atom. The number of anilines is 2. The van der Waals surface area contributed by atoms with Gasteiger partial charge in [-0.3, -0.25) is 24.1 Å². The van der Waals surface area contributed by atoms with Crippen LogP contribution in [0.15, 0.2) is 71.8 Å². The van der Waals surface area contributed by atoms with Crippen LogP contribution >= 0.6 is 11.8 Å². The van der Waals surface area contributed by atoms with Crippen LogP contribution in [0.1, 0.15) is 16.7 Å². The summed E-state index contributed by atoms with van der Waals surface area (Å²) in [6, 6.07) is 18.3. The summed E-state index contributed by atoms with van der Waals surface area (Å²) in [7, 11) is 0. The van der Waals surface area contributed by atoms with E-state index in [1.807, 2.05) is 56.3 Å². The molecule has 1 fully saturated rings. The third kappa shape index (κ3) is 5.34. The predicted molar refractivity (Wildman–Crippen MR) is 160 cm³/mol. The molecule has 1 saturated heterocycles. The lowest BCUT2D eigenvalue weighted by Crippen LogP contribution is -2.36. The molecule has 2 aliphatic rings. The Bertz CT molecular complexity index is 1790. The van der Waals surface area contributed by atoms with Gasteiger partial charge >= 0.3 is 0 Å². The Kier molecular flexibility index (Phi) is 7.17. The third-order valence-electron chi connectivity index (χ3n) is 7.00. The molecule has 4 amide bonds. The summed E-state index contributed by atoms with van der Waals surface area (Å²) >= 11 is 0.782. The Morgan fingerprint density at radius 1 is 0.905 bits per heavy atom. The van der Waals surface area contributed by atoms with Gasteiger partial charge in [0.15, 0.2) is 11.5 Å². The van der Waals surface area contributed by atoms with Crippen LogP contribution in [0, 0.1) is 13.8 Å². The molecule has 0 atom stereocenters. The number of carbonyl (C=O) groups is 4. The second-order valence-corrected chi connectivity index (χ2v) is 10.9. The van der Waals surface area contributed by atoms with Crippen molar-refractivity contribution in [2.45, 2.75) is 20.4 Å². The van der Waals surface area contributed by atoms with Gasteiger partial charge in [0.05, 0.1) is 4.91 Å². The van der Waals surface area contributed by atoms with E-state index in [0.29, 0.717) is 28.4 Å². The minimum atomic E-state index is -0.543. The van der Waals surface area contributed by atoms with Crippen molar-refractivity contribution >= 4 is 63.1 Å². The Morgan fingerprint density at radius 2 is 1.64 bits per heavy atom. The zero-order chi connectivity index (χ0) is 29.4. The van der Waals surface area contributed by atoms with Gasteiger partial charge in [0.1, 0.15) is 13.1 Å². The van der Waals surface area contributed by atoms with Crippen molar-refractivity contribution in [2.75, 3.05) is 24.0 Å². The maximum absolute atomic E-state index is 13.2. The van der Waals surface area contributed by atoms with Crippen LogP contribution in [0.4, 0.5) is 16.2 Å². The van der Waals surface area contributed by atoms with E-state index in [1.54, 1.807) is 35.0 Å². The lowest BCUT2D eigenvalue weighted by atomic mass is 10.1. The summed E-state index contributed by atoms with van der Waals surface area (Å²) in [5.41, 5.74) is 4.48. The van der Waals surface area contributed by atoms with Gasteiger partial charge in [-0.05, 0) is 61.0 Å².